The van der Waals surface area contributed by atoms with Gasteiger partial charge in [-0.1, -0.05) is 13.8 Å². The minimum Gasteiger partial charge on any atom is -0.316 e. The lowest BCUT2D eigenvalue weighted by molar-refractivity contribution is 0.409. The molecule has 0 aliphatic rings. The number of hydrogen-bond acceptors (Lipinski definition) is 3. The second kappa shape index (κ2) is 7.87. The van der Waals surface area contributed by atoms with Gasteiger partial charge in [-0.15, -0.1) is 0 Å². The molecule has 1 aromatic rings. The Bertz CT molecular complexity index is 567. The average molecular weight is 316 g/mol. The molecule has 0 spiro atoms. The predicted octanol–water partition coefficient (Wildman–Crippen LogP) is 2.66. The van der Waals surface area contributed by atoms with Crippen molar-refractivity contribution < 1.29 is 12.8 Å². The Morgan fingerprint density at radius 1 is 1.19 bits per heavy atom. The van der Waals surface area contributed by atoms with Crippen LogP contribution in [0.15, 0.2) is 17.0 Å². The summed E-state index contributed by atoms with van der Waals surface area (Å²) in [5, 5.41) is 2.91. The molecule has 0 atom stereocenters. The third-order valence-corrected chi connectivity index (χ3v) is 5.33. The first kappa shape index (κ1) is 18.1. The fourth-order valence-electron chi connectivity index (χ4n) is 2.27. The Labute approximate surface area is 127 Å². The highest BCUT2D eigenvalue weighted by atomic mass is 32.2. The van der Waals surface area contributed by atoms with E-state index in [-0.39, 0.29) is 10.5 Å². The first-order chi connectivity index (χ1) is 9.88. The van der Waals surface area contributed by atoms with Gasteiger partial charge in [-0.25, -0.2) is 12.8 Å². The largest absolute Gasteiger partial charge is 0.316 e. The van der Waals surface area contributed by atoms with Crippen LogP contribution in [0.2, 0.25) is 0 Å². The van der Waals surface area contributed by atoms with Gasteiger partial charge in [0.2, 0.25) is 10.0 Å². The Hall–Kier alpha value is -0.980. The molecule has 4 nitrogen and oxygen atoms in total. The molecule has 0 bridgehead atoms. The van der Waals surface area contributed by atoms with E-state index in [2.05, 4.69) is 5.32 Å². The fourth-order valence-corrected chi connectivity index (χ4v) is 4.18. The normalized spacial score (nSPS) is 12.1. The van der Waals surface area contributed by atoms with Gasteiger partial charge in [0.05, 0.1) is 4.90 Å². The quantitative estimate of drug-likeness (QED) is 0.802. The molecule has 0 radical (unpaired) electrons. The predicted molar refractivity (Wildman–Crippen MR) is 83.2 cm³/mol. The first-order valence-electron chi connectivity index (χ1n) is 7.32. The average Bonchev–Trinajstić information content (AvgIpc) is 2.42. The van der Waals surface area contributed by atoms with E-state index in [1.165, 1.54) is 17.3 Å². The van der Waals surface area contributed by atoms with Crippen LogP contribution in [-0.4, -0.2) is 32.9 Å². The molecule has 0 saturated carbocycles. The van der Waals surface area contributed by atoms with Crippen LogP contribution in [-0.2, 0) is 16.6 Å². The molecule has 21 heavy (non-hydrogen) atoms. The van der Waals surface area contributed by atoms with Gasteiger partial charge in [-0.3, -0.25) is 0 Å². The summed E-state index contributed by atoms with van der Waals surface area (Å²) in [4.78, 5) is 0.0784. The highest BCUT2D eigenvalue weighted by molar-refractivity contribution is 7.89. The molecule has 0 amide bonds. The van der Waals surface area contributed by atoms with Gasteiger partial charge in [-0.2, -0.15) is 4.31 Å². The van der Waals surface area contributed by atoms with Crippen LogP contribution in [0.3, 0.4) is 0 Å². The van der Waals surface area contributed by atoms with Crippen LogP contribution in [0, 0.1) is 12.7 Å². The highest BCUT2D eigenvalue weighted by Crippen LogP contribution is 2.24. The van der Waals surface area contributed by atoms with Crippen molar-refractivity contribution in [1.82, 2.24) is 9.62 Å². The third kappa shape index (κ3) is 4.25. The van der Waals surface area contributed by atoms with Gasteiger partial charge >= 0.3 is 0 Å². The van der Waals surface area contributed by atoms with E-state index in [0.29, 0.717) is 25.2 Å². The molecular weight excluding hydrogens is 291 g/mol. The first-order valence-corrected chi connectivity index (χ1v) is 8.76. The summed E-state index contributed by atoms with van der Waals surface area (Å²) in [6.07, 6.45) is 1.47. The van der Waals surface area contributed by atoms with Crippen molar-refractivity contribution in [3.63, 3.8) is 0 Å². The Kier molecular flexibility index (Phi) is 6.77. The zero-order chi connectivity index (χ0) is 16.0. The lowest BCUT2D eigenvalue weighted by atomic mass is 10.1. The molecule has 1 rings (SSSR count). The monoisotopic (exact) mass is 316 g/mol. The van der Waals surface area contributed by atoms with Gasteiger partial charge in [0.1, 0.15) is 5.82 Å². The van der Waals surface area contributed by atoms with E-state index in [9.17, 15) is 12.8 Å². The van der Waals surface area contributed by atoms with Crippen molar-refractivity contribution in [2.45, 2.75) is 45.1 Å². The van der Waals surface area contributed by atoms with Crippen LogP contribution in [0.5, 0.6) is 0 Å². The molecule has 6 heteroatoms. The number of sulfonamides is 1. The minimum absolute atomic E-state index is 0.0784. The maximum Gasteiger partial charge on any atom is 0.243 e. The van der Waals surface area contributed by atoms with Gasteiger partial charge in [0.25, 0.3) is 0 Å². The van der Waals surface area contributed by atoms with Crippen molar-refractivity contribution in [2.75, 3.05) is 20.1 Å². The van der Waals surface area contributed by atoms with Gasteiger partial charge < -0.3 is 5.32 Å². The molecule has 120 valence electrons. The second-order valence-corrected chi connectivity index (χ2v) is 7.04. The molecule has 0 saturated heterocycles. The van der Waals surface area contributed by atoms with E-state index >= 15 is 0 Å². The summed E-state index contributed by atoms with van der Waals surface area (Å²) in [5.41, 5.74) is 0.819. The number of hydrogen-bond donors (Lipinski definition) is 1. The molecule has 1 aromatic carbocycles. The summed E-state index contributed by atoms with van der Waals surface area (Å²) in [6.45, 7) is 6.72. The number of halogens is 1. The Balaban J connectivity index is 3.34. The SMILES string of the molecule is CCCN(CCC)S(=O)(=O)c1cc(CNC)cc(F)c1C. The van der Waals surface area contributed by atoms with E-state index in [1.54, 1.807) is 13.1 Å². The van der Waals surface area contributed by atoms with Crippen LogP contribution >= 0.6 is 0 Å². The maximum atomic E-state index is 14.0. The van der Waals surface area contributed by atoms with Crippen molar-refractivity contribution in [1.29, 1.82) is 0 Å². The molecule has 1 N–H and O–H groups in total. The van der Waals surface area contributed by atoms with Gasteiger partial charge in [-0.05, 0) is 44.5 Å². The summed E-state index contributed by atoms with van der Waals surface area (Å²) in [7, 11) is -1.91. The lowest BCUT2D eigenvalue weighted by Gasteiger charge is -2.22. The van der Waals surface area contributed by atoms with Gasteiger partial charge in [0.15, 0.2) is 0 Å². The van der Waals surface area contributed by atoms with Crippen LogP contribution < -0.4 is 5.32 Å². The Morgan fingerprint density at radius 3 is 2.24 bits per heavy atom. The van der Waals surface area contributed by atoms with Crippen molar-refractivity contribution in [2.24, 2.45) is 0 Å². The maximum absolute atomic E-state index is 14.0. The minimum atomic E-state index is -3.65. The van der Waals surface area contributed by atoms with E-state index in [4.69, 9.17) is 0 Å². The van der Waals surface area contributed by atoms with Crippen LogP contribution in [0.4, 0.5) is 4.39 Å². The second-order valence-electron chi connectivity index (χ2n) is 5.14. The molecule has 0 unspecified atom stereocenters. The fraction of sp³-hybridized carbons (Fsp3) is 0.600. The Morgan fingerprint density at radius 2 is 1.76 bits per heavy atom. The van der Waals surface area contributed by atoms with E-state index < -0.39 is 15.8 Å². The molecule has 0 fully saturated rings. The van der Waals surface area contributed by atoms with Gasteiger partial charge in [0, 0.05) is 25.2 Å². The molecule has 0 aliphatic heterocycles. The summed E-state index contributed by atoms with van der Waals surface area (Å²) < 4.78 is 41.0. The number of nitrogens with zero attached hydrogens (tertiary/aromatic N) is 1. The topological polar surface area (TPSA) is 49.4 Å². The number of benzene rings is 1. The lowest BCUT2D eigenvalue weighted by Crippen LogP contribution is -2.33. The zero-order valence-electron chi connectivity index (χ0n) is 13.2. The summed E-state index contributed by atoms with van der Waals surface area (Å²) >= 11 is 0. The summed E-state index contributed by atoms with van der Waals surface area (Å²) in [6, 6.07) is 2.96. The summed E-state index contributed by atoms with van der Waals surface area (Å²) in [5.74, 6) is -0.478. The number of nitrogens with one attached hydrogen (secondary N) is 1. The van der Waals surface area contributed by atoms with Crippen molar-refractivity contribution in [3.05, 3.63) is 29.1 Å². The number of rotatable bonds is 8. The molecule has 0 heterocycles. The smallest absolute Gasteiger partial charge is 0.243 e. The molecular formula is C15H25FN2O2S. The highest BCUT2D eigenvalue weighted by Gasteiger charge is 2.26. The van der Waals surface area contributed by atoms with E-state index in [0.717, 1.165) is 12.8 Å². The standard InChI is InChI=1S/C15H25FN2O2S/c1-5-7-18(8-6-2)21(19,20)15-10-13(11-17-4)9-14(16)12(15)3/h9-10,17H,5-8,11H2,1-4H3. The molecule has 0 aromatic heterocycles. The molecule has 0 aliphatic carbocycles. The van der Waals surface area contributed by atoms with Crippen molar-refractivity contribution in [3.8, 4) is 0 Å². The van der Waals surface area contributed by atoms with Crippen LogP contribution in [0.25, 0.3) is 0 Å². The van der Waals surface area contributed by atoms with E-state index in [1.807, 2.05) is 13.8 Å². The van der Waals surface area contributed by atoms with Crippen LogP contribution in [0.1, 0.15) is 37.8 Å². The third-order valence-electron chi connectivity index (χ3n) is 3.30. The zero-order valence-corrected chi connectivity index (χ0v) is 14.1. The van der Waals surface area contributed by atoms with Crippen molar-refractivity contribution >= 4 is 10.0 Å².